The maximum atomic E-state index is 5.78. The van der Waals surface area contributed by atoms with E-state index in [1.54, 1.807) is 0 Å². The number of fused-ring (bicyclic) bond motifs is 2. The summed E-state index contributed by atoms with van der Waals surface area (Å²) < 4.78 is 0. The molecule has 1 aromatic rings. The van der Waals surface area contributed by atoms with Crippen molar-refractivity contribution >= 4 is 17.8 Å². The molecule has 0 aromatic carbocycles. The number of nitrogen functional groups attached to an aromatic ring is 1. The molecule has 3 heterocycles. The molecular weight excluding hydrogens is 266 g/mol. The van der Waals surface area contributed by atoms with Crippen LogP contribution < -0.4 is 16.0 Å². The van der Waals surface area contributed by atoms with E-state index in [1.807, 2.05) is 19.0 Å². The highest BCUT2D eigenvalue weighted by Crippen LogP contribution is 2.33. The van der Waals surface area contributed by atoms with Gasteiger partial charge in [0.15, 0.2) is 0 Å². The van der Waals surface area contributed by atoms with Gasteiger partial charge in [-0.15, -0.1) is 0 Å². The van der Waals surface area contributed by atoms with E-state index in [0.717, 1.165) is 12.8 Å². The van der Waals surface area contributed by atoms with E-state index in [1.165, 1.54) is 19.3 Å². The molecule has 2 aliphatic heterocycles. The first-order valence-electron chi connectivity index (χ1n) is 7.70. The molecular formula is C14H25N7. The van der Waals surface area contributed by atoms with Gasteiger partial charge in [0.1, 0.15) is 0 Å². The van der Waals surface area contributed by atoms with Crippen LogP contribution in [0.3, 0.4) is 0 Å². The smallest absolute Gasteiger partial charge is 0.231 e. The van der Waals surface area contributed by atoms with Crippen molar-refractivity contribution in [2.24, 2.45) is 0 Å². The van der Waals surface area contributed by atoms with Crippen LogP contribution in [0.2, 0.25) is 0 Å². The van der Waals surface area contributed by atoms with Gasteiger partial charge in [-0.3, -0.25) is 0 Å². The summed E-state index contributed by atoms with van der Waals surface area (Å²) in [5.74, 6) is 1.46. The molecule has 0 aliphatic carbocycles. The van der Waals surface area contributed by atoms with Gasteiger partial charge in [0.25, 0.3) is 0 Å². The minimum Gasteiger partial charge on any atom is -0.368 e. The zero-order valence-electron chi connectivity index (χ0n) is 13.1. The molecule has 2 saturated heterocycles. The Balaban J connectivity index is 1.72. The standard InChI is InChI=1S/C14H25N7/c1-20(2)14-18-12(15)17-13(19-14)16-9-7-10-5-4-6-11(8-9)21(10)3/h9-11H,4-8H2,1-3H3,(H3,15,16,17,18,19). The highest BCUT2D eigenvalue weighted by atomic mass is 15.3. The second-order valence-electron chi connectivity index (χ2n) is 6.43. The molecule has 1 aromatic heterocycles. The van der Waals surface area contributed by atoms with Gasteiger partial charge >= 0.3 is 0 Å². The van der Waals surface area contributed by atoms with Crippen molar-refractivity contribution in [3.63, 3.8) is 0 Å². The number of hydrogen-bond acceptors (Lipinski definition) is 7. The average Bonchev–Trinajstić information content (AvgIpc) is 2.39. The van der Waals surface area contributed by atoms with E-state index in [4.69, 9.17) is 5.73 Å². The topological polar surface area (TPSA) is 83.2 Å². The van der Waals surface area contributed by atoms with E-state index in [2.05, 4.69) is 32.2 Å². The quantitative estimate of drug-likeness (QED) is 0.857. The fraction of sp³-hybridized carbons (Fsp3) is 0.786. The van der Waals surface area contributed by atoms with E-state index in [-0.39, 0.29) is 5.95 Å². The van der Waals surface area contributed by atoms with Gasteiger partial charge in [-0.25, -0.2) is 0 Å². The van der Waals surface area contributed by atoms with Crippen molar-refractivity contribution in [1.29, 1.82) is 0 Å². The minimum absolute atomic E-state index is 0.268. The normalized spacial score (nSPS) is 29.2. The number of hydrogen-bond donors (Lipinski definition) is 2. The maximum Gasteiger partial charge on any atom is 0.231 e. The van der Waals surface area contributed by atoms with Crippen LogP contribution in [0.25, 0.3) is 0 Å². The zero-order chi connectivity index (χ0) is 15.0. The molecule has 3 N–H and O–H groups in total. The van der Waals surface area contributed by atoms with E-state index in [9.17, 15) is 0 Å². The Morgan fingerprint density at radius 2 is 1.81 bits per heavy atom. The zero-order valence-corrected chi connectivity index (χ0v) is 13.1. The molecule has 0 amide bonds. The van der Waals surface area contributed by atoms with Gasteiger partial charge in [-0.05, 0) is 32.7 Å². The summed E-state index contributed by atoms with van der Waals surface area (Å²) in [7, 11) is 6.06. The van der Waals surface area contributed by atoms with Crippen LogP contribution >= 0.6 is 0 Å². The molecule has 2 atom stereocenters. The lowest BCUT2D eigenvalue weighted by Gasteiger charge is -2.47. The van der Waals surface area contributed by atoms with Crippen LogP contribution in [0, 0.1) is 0 Å². The second kappa shape index (κ2) is 5.63. The Morgan fingerprint density at radius 3 is 2.43 bits per heavy atom. The number of nitrogens with zero attached hydrogens (tertiary/aromatic N) is 5. The number of piperidine rings is 2. The molecule has 2 aliphatic rings. The van der Waals surface area contributed by atoms with Crippen LogP contribution in [-0.4, -0.2) is 59.1 Å². The lowest BCUT2D eigenvalue weighted by molar-refractivity contribution is 0.0607. The molecule has 7 nitrogen and oxygen atoms in total. The van der Waals surface area contributed by atoms with Crippen LogP contribution in [-0.2, 0) is 0 Å². The highest BCUT2D eigenvalue weighted by Gasteiger charge is 2.36. The minimum atomic E-state index is 0.268. The molecule has 2 fully saturated rings. The average molecular weight is 291 g/mol. The Kier molecular flexibility index (Phi) is 3.84. The number of nitrogens with two attached hydrogens (primary N) is 1. The summed E-state index contributed by atoms with van der Waals surface area (Å²) in [5, 5.41) is 3.47. The van der Waals surface area contributed by atoms with Crippen molar-refractivity contribution in [2.45, 2.75) is 50.2 Å². The van der Waals surface area contributed by atoms with Crippen molar-refractivity contribution < 1.29 is 0 Å². The van der Waals surface area contributed by atoms with Crippen molar-refractivity contribution in [3.8, 4) is 0 Å². The molecule has 0 spiro atoms. The van der Waals surface area contributed by atoms with Gasteiger partial charge in [0, 0.05) is 32.2 Å². The first-order chi connectivity index (χ1) is 10.0. The van der Waals surface area contributed by atoms with Crippen molar-refractivity contribution in [3.05, 3.63) is 0 Å². The largest absolute Gasteiger partial charge is 0.368 e. The Labute approximate surface area is 126 Å². The van der Waals surface area contributed by atoms with Crippen LogP contribution in [0.15, 0.2) is 0 Å². The molecule has 2 unspecified atom stereocenters. The van der Waals surface area contributed by atoms with Gasteiger partial charge in [-0.2, -0.15) is 15.0 Å². The fourth-order valence-electron chi connectivity index (χ4n) is 3.56. The van der Waals surface area contributed by atoms with Gasteiger partial charge < -0.3 is 20.9 Å². The SMILES string of the molecule is CN(C)c1nc(N)nc(NC2CC3CCCC(C2)N3C)n1. The fourth-order valence-corrected chi connectivity index (χ4v) is 3.56. The second-order valence-corrected chi connectivity index (χ2v) is 6.43. The predicted molar refractivity (Wildman–Crippen MR) is 84.4 cm³/mol. The lowest BCUT2D eigenvalue weighted by Crippen LogP contribution is -2.52. The summed E-state index contributed by atoms with van der Waals surface area (Å²) in [6.45, 7) is 0. The predicted octanol–water partition coefficient (Wildman–Crippen LogP) is 0.947. The molecule has 3 rings (SSSR count). The Morgan fingerprint density at radius 1 is 1.14 bits per heavy atom. The third-order valence-corrected chi connectivity index (χ3v) is 4.71. The molecule has 0 radical (unpaired) electrons. The van der Waals surface area contributed by atoms with E-state index >= 15 is 0 Å². The third-order valence-electron chi connectivity index (χ3n) is 4.71. The molecule has 21 heavy (non-hydrogen) atoms. The number of rotatable bonds is 3. The molecule has 2 bridgehead atoms. The lowest BCUT2D eigenvalue weighted by atomic mass is 9.82. The Hall–Kier alpha value is -1.63. The summed E-state index contributed by atoms with van der Waals surface area (Å²) in [4.78, 5) is 17.2. The molecule has 0 saturated carbocycles. The van der Waals surface area contributed by atoms with Gasteiger partial charge in [0.2, 0.25) is 17.8 Å². The maximum absolute atomic E-state index is 5.78. The van der Waals surface area contributed by atoms with Crippen LogP contribution in [0.5, 0.6) is 0 Å². The van der Waals surface area contributed by atoms with Crippen LogP contribution in [0.1, 0.15) is 32.1 Å². The monoisotopic (exact) mass is 291 g/mol. The van der Waals surface area contributed by atoms with Crippen molar-refractivity contribution in [2.75, 3.05) is 37.1 Å². The molecule has 7 heteroatoms. The van der Waals surface area contributed by atoms with Gasteiger partial charge in [0.05, 0.1) is 0 Å². The number of anilines is 3. The summed E-state index contributed by atoms with van der Waals surface area (Å²) in [6.07, 6.45) is 6.25. The highest BCUT2D eigenvalue weighted by molar-refractivity contribution is 5.41. The summed E-state index contributed by atoms with van der Waals surface area (Å²) >= 11 is 0. The third kappa shape index (κ3) is 3.02. The molecule has 116 valence electrons. The first-order valence-corrected chi connectivity index (χ1v) is 7.70. The van der Waals surface area contributed by atoms with Crippen LogP contribution in [0.4, 0.5) is 17.8 Å². The van der Waals surface area contributed by atoms with Gasteiger partial charge in [-0.1, -0.05) is 6.42 Å². The summed E-state index contributed by atoms with van der Waals surface area (Å²) in [5.41, 5.74) is 5.78. The van der Waals surface area contributed by atoms with Crippen molar-refractivity contribution in [1.82, 2.24) is 19.9 Å². The van der Waals surface area contributed by atoms with E-state index < -0.39 is 0 Å². The first kappa shape index (κ1) is 14.3. The number of nitrogens with one attached hydrogen (secondary N) is 1. The summed E-state index contributed by atoms with van der Waals surface area (Å²) in [6, 6.07) is 1.79. The number of aromatic nitrogens is 3. The van der Waals surface area contributed by atoms with E-state index in [0.29, 0.717) is 30.0 Å². The Bertz CT molecular complexity index is 490.